The molecule has 102 valence electrons. The van der Waals surface area contributed by atoms with Crippen molar-refractivity contribution in [3.8, 4) is 0 Å². The number of aromatic nitrogens is 1. The van der Waals surface area contributed by atoms with Crippen LogP contribution in [0.3, 0.4) is 0 Å². The van der Waals surface area contributed by atoms with Gasteiger partial charge in [-0.2, -0.15) is 0 Å². The Hall–Kier alpha value is -2.16. The zero-order chi connectivity index (χ0) is 14.1. The van der Waals surface area contributed by atoms with Gasteiger partial charge < -0.3 is 5.11 Å². The van der Waals surface area contributed by atoms with Crippen LogP contribution >= 0.6 is 0 Å². The summed E-state index contributed by atoms with van der Waals surface area (Å²) in [5.74, 6) is -0.272. The second-order valence-corrected chi connectivity index (χ2v) is 5.54. The molecule has 1 aliphatic rings. The molecule has 1 aliphatic carbocycles. The quantitative estimate of drug-likeness (QED) is 0.921. The van der Waals surface area contributed by atoms with Crippen LogP contribution in [-0.2, 0) is 6.42 Å². The molecule has 1 aromatic heterocycles. The monoisotopic (exact) mass is 267 g/mol. The first-order valence-corrected chi connectivity index (χ1v) is 6.90. The van der Waals surface area contributed by atoms with Crippen LogP contribution in [0, 0.1) is 6.92 Å². The van der Waals surface area contributed by atoms with Crippen LogP contribution in [0.2, 0.25) is 0 Å². The van der Waals surface area contributed by atoms with Gasteiger partial charge in [0.15, 0.2) is 0 Å². The fraction of sp³-hybridized carbons (Fsp3) is 0.294. The minimum atomic E-state index is -0.844. The van der Waals surface area contributed by atoms with Crippen LogP contribution in [0.15, 0.2) is 36.7 Å². The van der Waals surface area contributed by atoms with Crippen molar-refractivity contribution >= 4 is 5.97 Å². The van der Waals surface area contributed by atoms with Gasteiger partial charge in [-0.25, -0.2) is 4.79 Å². The SMILES string of the molecule is Cc1cncc(Cc2ccc(C3CC3)cc2C(=O)O)c1. The van der Waals surface area contributed by atoms with Crippen molar-refractivity contribution < 1.29 is 9.90 Å². The lowest BCUT2D eigenvalue weighted by molar-refractivity contribution is 0.0695. The molecule has 3 nitrogen and oxygen atoms in total. The highest BCUT2D eigenvalue weighted by atomic mass is 16.4. The summed E-state index contributed by atoms with van der Waals surface area (Å²) < 4.78 is 0. The summed E-state index contributed by atoms with van der Waals surface area (Å²) in [5, 5.41) is 9.41. The van der Waals surface area contributed by atoms with Gasteiger partial charge in [-0.05, 0) is 60.4 Å². The van der Waals surface area contributed by atoms with E-state index < -0.39 is 5.97 Å². The maximum atomic E-state index is 11.5. The van der Waals surface area contributed by atoms with Crippen molar-refractivity contribution in [1.29, 1.82) is 0 Å². The second kappa shape index (κ2) is 5.08. The Morgan fingerprint density at radius 3 is 2.75 bits per heavy atom. The molecule has 1 N–H and O–H groups in total. The fourth-order valence-corrected chi connectivity index (χ4v) is 2.55. The maximum absolute atomic E-state index is 11.5. The van der Waals surface area contributed by atoms with E-state index in [1.54, 1.807) is 12.4 Å². The average Bonchev–Trinajstić information content (AvgIpc) is 3.23. The first kappa shape index (κ1) is 12.9. The zero-order valence-electron chi connectivity index (χ0n) is 11.5. The Morgan fingerprint density at radius 2 is 2.10 bits per heavy atom. The highest BCUT2D eigenvalue weighted by molar-refractivity contribution is 5.89. The smallest absolute Gasteiger partial charge is 0.335 e. The van der Waals surface area contributed by atoms with E-state index in [9.17, 15) is 9.90 Å². The number of hydrogen-bond donors (Lipinski definition) is 1. The van der Waals surface area contributed by atoms with Crippen LogP contribution in [0.1, 0.15) is 51.4 Å². The summed E-state index contributed by atoms with van der Waals surface area (Å²) >= 11 is 0. The van der Waals surface area contributed by atoms with Crippen LogP contribution < -0.4 is 0 Å². The van der Waals surface area contributed by atoms with E-state index in [-0.39, 0.29) is 0 Å². The highest BCUT2D eigenvalue weighted by Crippen LogP contribution is 2.40. The van der Waals surface area contributed by atoms with Gasteiger partial charge >= 0.3 is 5.97 Å². The number of carbonyl (C=O) groups is 1. The summed E-state index contributed by atoms with van der Waals surface area (Å²) in [6, 6.07) is 7.92. The third-order valence-corrected chi connectivity index (χ3v) is 3.74. The Balaban J connectivity index is 1.93. The van der Waals surface area contributed by atoms with Crippen molar-refractivity contribution in [2.75, 3.05) is 0 Å². The number of hydrogen-bond acceptors (Lipinski definition) is 2. The number of carboxylic acid groups (broad SMARTS) is 1. The first-order chi connectivity index (χ1) is 9.63. The third-order valence-electron chi connectivity index (χ3n) is 3.74. The summed E-state index contributed by atoms with van der Waals surface area (Å²) in [6.07, 6.45) is 6.58. The molecule has 1 heterocycles. The summed E-state index contributed by atoms with van der Waals surface area (Å²) in [5.41, 5.74) is 4.58. The van der Waals surface area contributed by atoms with Crippen molar-refractivity contribution in [3.63, 3.8) is 0 Å². The van der Waals surface area contributed by atoms with Gasteiger partial charge in [0.25, 0.3) is 0 Å². The Kier molecular flexibility index (Phi) is 3.26. The van der Waals surface area contributed by atoms with Gasteiger partial charge in [-0.15, -0.1) is 0 Å². The van der Waals surface area contributed by atoms with Gasteiger partial charge in [0.2, 0.25) is 0 Å². The number of nitrogens with zero attached hydrogens (tertiary/aromatic N) is 1. The molecule has 0 unspecified atom stereocenters. The molecule has 20 heavy (non-hydrogen) atoms. The van der Waals surface area contributed by atoms with E-state index in [0.29, 0.717) is 17.9 Å². The summed E-state index contributed by atoms with van der Waals surface area (Å²) in [6.45, 7) is 1.99. The molecule has 1 aromatic carbocycles. The molecule has 0 saturated heterocycles. The largest absolute Gasteiger partial charge is 0.478 e. The number of carboxylic acids is 1. The van der Waals surface area contributed by atoms with E-state index in [2.05, 4.69) is 11.1 Å². The molecule has 0 radical (unpaired) electrons. The van der Waals surface area contributed by atoms with E-state index in [1.165, 1.54) is 12.8 Å². The Morgan fingerprint density at radius 1 is 1.30 bits per heavy atom. The molecule has 1 fully saturated rings. The molecule has 0 atom stereocenters. The van der Waals surface area contributed by atoms with E-state index in [1.807, 2.05) is 25.1 Å². The van der Waals surface area contributed by atoms with Gasteiger partial charge in [0.05, 0.1) is 5.56 Å². The first-order valence-electron chi connectivity index (χ1n) is 6.90. The molecule has 0 aliphatic heterocycles. The second-order valence-electron chi connectivity index (χ2n) is 5.54. The predicted octanol–water partition coefficient (Wildman–Crippen LogP) is 3.56. The number of benzene rings is 1. The average molecular weight is 267 g/mol. The van der Waals surface area contributed by atoms with Crippen molar-refractivity contribution in [1.82, 2.24) is 4.98 Å². The van der Waals surface area contributed by atoms with Crippen LogP contribution in [0.4, 0.5) is 0 Å². The lowest BCUT2D eigenvalue weighted by Gasteiger charge is -2.09. The number of aryl methyl sites for hydroxylation is 1. The van der Waals surface area contributed by atoms with Crippen LogP contribution in [-0.4, -0.2) is 16.1 Å². The Bertz CT molecular complexity index is 660. The lowest BCUT2D eigenvalue weighted by Crippen LogP contribution is -2.04. The molecule has 0 bridgehead atoms. The molecule has 2 aromatic rings. The number of aromatic carboxylic acids is 1. The maximum Gasteiger partial charge on any atom is 0.335 e. The summed E-state index contributed by atoms with van der Waals surface area (Å²) in [4.78, 5) is 15.6. The fourth-order valence-electron chi connectivity index (χ4n) is 2.55. The number of pyridine rings is 1. The topological polar surface area (TPSA) is 50.2 Å². The van der Waals surface area contributed by atoms with Gasteiger partial charge in [-0.1, -0.05) is 18.2 Å². The van der Waals surface area contributed by atoms with E-state index in [0.717, 1.165) is 22.3 Å². The molecule has 0 spiro atoms. The van der Waals surface area contributed by atoms with Gasteiger partial charge in [0.1, 0.15) is 0 Å². The minimum absolute atomic E-state index is 0.427. The van der Waals surface area contributed by atoms with Crippen molar-refractivity contribution in [2.45, 2.75) is 32.1 Å². The van der Waals surface area contributed by atoms with Gasteiger partial charge in [0, 0.05) is 12.4 Å². The molecule has 3 rings (SSSR count). The van der Waals surface area contributed by atoms with E-state index >= 15 is 0 Å². The summed E-state index contributed by atoms with van der Waals surface area (Å²) in [7, 11) is 0. The lowest BCUT2D eigenvalue weighted by atomic mass is 9.96. The predicted molar refractivity (Wildman–Crippen MR) is 77.2 cm³/mol. The van der Waals surface area contributed by atoms with Crippen LogP contribution in [0.25, 0.3) is 0 Å². The molecule has 1 saturated carbocycles. The molecule has 3 heteroatoms. The standard InChI is InChI=1S/C17H17NO2/c1-11-6-12(10-18-9-11)7-15-5-4-14(13-2-3-13)8-16(15)17(19)20/h4-6,8-10,13H,2-3,7H2,1H3,(H,19,20). The number of rotatable bonds is 4. The van der Waals surface area contributed by atoms with E-state index in [4.69, 9.17) is 0 Å². The zero-order valence-corrected chi connectivity index (χ0v) is 11.5. The minimum Gasteiger partial charge on any atom is -0.478 e. The van der Waals surface area contributed by atoms with Gasteiger partial charge in [-0.3, -0.25) is 4.98 Å². The molecular weight excluding hydrogens is 250 g/mol. The third kappa shape index (κ3) is 2.72. The molecule has 0 amide bonds. The highest BCUT2D eigenvalue weighted by Gasteiger charge is 2.25. The Labute approximate surface area is 118 Å². The van der Waals surface area contributed by atoms with Crippen LogP contribution in [0.5, 0.6) is 0 Å². The van der Waals surface area contributed by atoms with Crippen molar-refractivity contribution in [2.24, 2.45) is 0 Å². The molecular formula is C17H17NO2. The normalized spacial score (nSPS) is 14.2. The van der Waals surface area contributed by atoms with Crippen molar-refractivity contribution in [3.05, 3.63) is 64.5 Å².